The summed E-state index contributed by atoms with van der Waals surface area (Å²) in [5.74, 6) is 0.451. The standard InChI is InChI=1S/C17H19N5O2S3/c23-27(24,22-7-1-2-8-22)11-6-19-17-20-12-13(14-4-3-9-25-14)15(21-17)16-18-5-10-26-16/h3-5,9-10,12H,1-2,6-8,11H2,(H,19,20,21). The average molecular weight is 422 g/mol. The smallest absolute Gasteiger partial charge is 0.223 e. The maximum absolute atomic E-state index is 12.3. The highest BCUT2D eigenvalue weighted by molar-refractivity contribution is 7.89. The summed E-state index contributed by atoms with van der Waals surface area (Å²) in [6.07, 6.45) is 5.40. The lowest BCUT2D eigenvalue weighted by molar-refractivity contribution is 0.478. The molecule has 0 aromatic carbocycles. The molecule has 0 atom stereocenters. The molecule has 1 saturated heterocycles. The average Bonchev–Trinajstić information content (AvgIpc) is 3.45. The predicted molar refractivity (Wildman–Crippen MR) is 110 cm³/mol. The van der Waals surface area contributed by atoms with Crippen molar-refractivity contribution >= 4 is 38.6 Å². The monoisotopic (exact) mass is 421 g/mol. The van der Waals surface area contributed by atoms with Gasteiger partial charge in [-0.2, -0.15) is 0 Å². The zero-order valence-electron chi connectivity index (χ0n) is 14.5. The van der Waals surface area contributed by atoms with Crippen LogP contribution in [0.4, 0.5) is 5.95 Å². The van der Waals surface area contributed by atoms with Crippen molar-refractivity contribution in [2.24, 2.45) is 0 Å². The first-order chi connectivity index (χ1) is 13.1. The van der Waals surface area contributed by atoms with E-state index in [-0.39, 0.29) is 12.3 Å². The van der Waals surface area contributed by atoms with E-state index in [9.17, 15) is 8.42 Å². The molecule has 1 aliphatic heterocycles. The van der Waals surface area contributed by atoms with Gasteiger partial charge < -0.3 is 5.32 Å². The minimum atomic E-state index is -3.22. The Hall–Kier alpha value is -1.88. The van der Waals surface area contributed by atoms with E-state index >= 15 is 0 Å². The minimum Gasteiger partial charge on any atom is -0.353 e. The Labute approximate surface area is 166 Å². The maximum atomic E-state index is 12.3. The lowest BCUT2D eigenvalue weighted by Crippen LogP contribution is -2.32. The van der Waals surface area contributed by atoms with Crippen molar-refractivity contribution in [2.75, 3.05) is 30.7 Å². The van der Waals surface area contributed by atoms with Crippen molar-refractivity contribution in [3.8, 4) is 21.1 Å². The van der Waals surface area contributed by atoms with Crippen molar-refractivity contribution in [3.63, 3.8) is 0 Å². The van der Waals surface area contributed by atoms with Crippen LogP contribution in [0.5, 0.6) is 0 Å². The summed E-state index contributed by atoms with van der Waals surface area (Å²) < 4.78 is 26.2. The molecule has 4 heterocycles. The third kappa shape index (κ3) is 4.18. The SMILES string of the molecule is O=S(=O)(CCNc1ncc(-c2cccs2)c(-c2nccs2)n1)N1CCCC1. The largest absolute Gasteiger partial charge is 0.353 e. The van der Waals surface area contributed by atoms with Gasteiger partial charge >= 0.3 is 0 Å². The molecule has 4 rings (SSSR count). The van der Waals surface area contributed by atoms with E-state index in [1.54, 1.807) is 28.0 Å². The van der Waals surface area contributed by atoms with E-state index in [1.165, 1.54) is 11.3 Å². The molecule has 10 heteroatoms. The molecule has 0 unspecified atom stereocenters. The summed E-state index contributed by atoms with van der Waals surface area (Å²) in [7, 11) is -3.22. The fraction of sp³-hybridized carbons (Fsp3) is 0.353. The lowest BCUT2D eigenvalue weighted by atomic mass is 10.2. The van der Waals surface area contributed by atoms with Crippen LogP contribution in [0.2, 0.25) is 0 Å². The van der Waals surface area contributed by atoms with Crippen molar-refractivity contribution in [1.29, 1.82) is 0 Å². The molecule has 0 amide bonds. The molecule has 27 heavy (non-hydrogen) atoms. The second kappa shape index (κ2) is 8.01. The topological polar surface area (TPSA) is 88.1 Å². The van der Waals surface area contributed by atoms with E-state index < -0.39 is 10.0 Å². The van der Waals surface area contributed by atoms with Crippen molar-refractivity contribution in [3.05, 3.63) is 35.3 Å². The third-order valence-electron chi connectivity index (χ3n) is 4.31. The van der Waals surface area contributed by atoms with Crippen LogP contribution in [0.25, 0.3) is 21.1 Å². The van der Waals surface area contributed by atoms with Gasteiger partial charge in [0.05, 0.1) is 5.75 Å². The molecule has 1 N–H and O–H groups in total. The van der Waals surface area contributed by atoms with Crippen LogP contribution < -0.4 is 5.32 Å². The van der Waals surface area contributed by atoms with Gasteiger partial charge in [0.15, 0.2) is 0 Å². The number of thiophene rings is 1. The molecule has 0 bridgehead atoms. The van der Waals surface area contributed by atoms with E-state index in [0.29, 0.717) is 19.0 Å². The maximum Gasteiger partial charge on any atom is 0.223 e. The number of nitrogens with zero attached hydrogens (tertiary/aromatic N) is 4. The molecular weight excluding hydrogens is 402 g/mol. The molecule has 0 saturated carbocycles. The quantitative estimate of drug-likeness (QED) is 0.630. The van der Waals surface area contributed by atoms with Gasteiger partial charge in [-0.05, 0) is 24.3 Å². The van der Waals surface area contributed by atoms with Gasteiger partial charge in [-0.3, -0.25) is 0 Å². The van der Waals surface area contributed by atoms with E-state index in [1.807, 2.05) is 22.9 Å². The normalized spacial score (nSPS) is 15.3. The lowest BCUT2D eigenvalue weighted by Gasteiger charge is -2.15. The van der Waals surface area contributed by atoms with E-state index in [2.05, 4.69) is 20.3 Å². The molecule has 1 aliphatic rings. The Kier molecular flexibility index (Phi) is 5.48. The summed E-state index contributed by atoms with van der Waals surface area (Å²) in [6.45, 7) is 1.53. The van der Waals surface area contributed by atoms with Gasteiger partial charge in [0.2, 0.25) is 16.0 Å². The molecule has 1 fully saturated rings. The van der Waals surface area contributed by atoms with Crippen LogP contribution in [0.15, 0.2) is 35.3 Å². The molecule has 142 valence electrons. The van der Waals surface area contributed by atoms with Crippen molar-refractivity contribution in [2.45, 2.75) is 12.8 Å². The first kappa shape index (κ1) is 18.5. The second-order valence-electron chi connectivity index (χ2n) is 6.12. The first-order valence-electron chi connectivity index (χ1n) is 8.66. The van der Waals surface area contributed by atoms with Gasteiger partial charge in [0, 0.05) is 47.8 Å². The third-order valence-corrected chi connectivity index (χ3v) is 7.87. The Bertz CT molecular complexity index is 982. The summed E-state index contributed by atoms with van der Waals surface area (Å²) in [6, 6.07) is 4.01. The van der Waals surface area contributed by atoms with Crippen molar-refractivity contribution < 1.29 is 8.42 Å². The first-order valence-corrected chi connectivity index (χ1v) is 12.0. The predicted octanol–water partition coefficient (Wildman–Crippen LogP) is 3.17. The number of aromatic nitrogens is 3. The van der Waals surface area contributed by atoms with Crippen LogP contribution in [-0.4, -0.2) is 53.1 Å². The number of hydrogen-bond acceptors (Lipinski definition) is 8. The van der Waals surface area contributed by atoms with E-state index in [4.69, 9.17) is 0 Å². The molecule has 3 aromatic heterocycles. The number of sulfonamides is 1. The fourth-order valence-electron chi connectivity index (χ4n) is 2.97. The van der Waals surface area contributed by atoms with Gasteiger partial charge in [0.1, 0.15) is 10.7 Å². The number of thiazole rings is 1. The molecule has 3 aromatic rings. The van der Waals surface area contributed by atoms with Gasteiger partial charge in [-0.25, -0.2) is 27.7 Å². The zero-order chi connectivity index (χ0) is 18.7. The second-order valence-corrected chi connectivity index (χ2v) is 10.1. The van der Waals surface area contributed by atoms with Crippen LogP contribution in [0.1, 0.15) is 12.8 Å². The fourth-order valence-corrected chi connectivity index (χ4v) is 5.78. The number of nitrogens with one attached hydrogen (secondary N) is 1. The summed E-state index contributed by atoms with van der Waals surface area (Å²) in [4.78, 5) is 14.4. The van der Waals surface area contributed by atoms with Crippen LogP contribution >= 0.6 is 22.7 Å². The van der Waals surface area contributed by atoms with Gasteiger partial charge in [-0.1, -0.05) is 6.07 Å². The zero-order valence-corrected chi connectivity index (χ0v) is 17.0. The highest BCUT2D eigenvalue weighted by Crippen LogP contribution is 2.34. The number of anilines is 1. The Morgan fingerprint density at radius 1 is 1.15 bits per heavy atom. The summed E-state index contributed by atoms with van der Waals surface area (Å²) in [5, 5.41) is 7.78. The molecule has 0 radical (unpaired) electrons. The Balaban J connectivity index is 1.51. The summed E-state index contributed by atoms with van der Waals surface area (Å²) >= 11 is 3.13. The number of rotatable bonds is 7. The molecule has 7 nitrogen and oxygen atoms in total. The highest BCUT2D eigenvalue weighted by atomic mass is 32.2. The van der Waals surface area contributed by atoms with Gasteiger partial charge in [0.25, 0.3) is 0 Å². The van der Waals surface area contributed by atoms with Crippen LogP contribution in [-0.2, 0) is 10.0 Å². The van der Waals surface area contributed by atoms with Crippen molar-refractivity contribution in [1.82, 2.24) is 19.3 Å². The molecule has 0 spiro atoms. The minimum absolute atomic E-state index is 0.0373. The highest BCUT2D eigenvalue weighted by Gasteiger charge is 2.24. The van der Waals surface area contributed by atoms with Crippen LogP contribution in [0, 0.1) is 0 Å². The van der Waals surface area contributed by atoms with Crippen LogP contribution in [0.3, 0.4) is 0 Å². The Morgan fingerprint density at radius 2 is 2.00 bits per heavy atom. The van der Waals surface area contributed by atoms with E-state index in [0.717, 1.165) is 34.0 Å². The number of hydrogen-bond donors (Lipinski definition) is 1. The Morgan fingerprint density at radius 3 is 2.70 bits per heavy atom. The summed E-state index contributed by atoms with van der Waals surface area (Å²) in [5.41, 5.74) is 1.68. The van der Waals surface area contributed by atoms with Gasteiger partial charge in [-0.15, -0.1) is 22.7 Å². The molecule has 0 aliphatic carbocycles. The molecular formula is C17H19N5O2S3.